The number of halogens is 1. The first kappa shape index (κ1) is 28.0. The van der Waals surface area contributed by atoms with Gasteiger partial charge in [-0.3, -0.25) is 10.4 Å². The fourth-order valence-electron chi connectivity index (χ4n) is 3.60. The highest BCUT2D eigenvalue weighted by Gasteiger charge is 2.20. The van der Waals surface area contributed by atoms with E-state index in [9.17, 15) is 4.39 Å². The molecule has 0 aromatic heterocycles. The van der Waals surface area contributed by atoms with Gasteiger partial charge in [-0.15, -0.1) is 0 Å². The molecular weight excluding hydrogens is 437 g/mol. The molecule has 0 heterocycles. The zero-order valence-electron chi connectivity index (χ0n) is 21.6. The molecule has 0 fully saturated rings. The fraction of sp³-hybridized carbons (Fsp3) is 0.379. The first-order chi connectivity index (χ1) is 16.8. The van der Waals surface area contributed by atoms with Crippen LogP contribution < -0.4 is 16.5 Å². The van der Waals surface area contributed by atoms with Crippen LogP contribution in [0.2, 0.25) is 0 Å². The van der Waals surface area contributed by atoms with Crippen LogP contribution >= 0.6 is 0 Å². The van der Waals surface area contributed by atoms with Crippen LogP contribution in [0, 0.1) is 5.82 Å². The maximum absolute atomic E-state index is 13.2. The van der Waals surface area contributed by atoms with Gasteiger partial charge in [0.25, 0.3) is 0 Å². The molecule has 0 atom stereocenters. The quantitative estimate of drug-likeness (QED) is 0.155. The minimum Gasteiger partial charge on any atom is -0.388 e. The number of aliphatic imine (C=N–C) groups is 1. The Hall–Kier alpha value is -3.25. The van der Waals surface area contributed by atoms with Gasteiger partial charge in [0.1, 0.15) is 11.7 Å². The monoisotopic (exact) mass is 477 g/mol. The highest BCUT2D eigenvalue weighted by Crippen LogP contribution is 2.27. The lowest BCUT2D eigenvalue weighted by Crippen LogP contribution is -2.21. The molecule has 0 amide bonds. The van der Waals surface area contributed by atoms with Crippen molar-refractivity contribution >= 4 is 11.5 Å². The predicted molar refractivity (Wildman–Crippen MR) is 147 cm³/mol. The summed E-state index contributed by atoms with van der Waals surface area (Å²) in [6.45, 7) is 14.3. The number of nitrogens with one attached hydrogen (secondary N) is 2. The van der Waals surface area contributed by atoms with Crippen molar-refractivity contribution in [1.82, 2.24) is 10.7 Å². The minimum absolute atomic E-state index is 0.117. The average Bonchev–Trinajstić information content (AvgIpc) is 2.85. The van der Waals surface area contributed by atoms with E-state index in [0.717, 1.165) is 42.6 Å². The number of hydrogen-bond acceptors (Lipinski definition) is 4. The largest absolute Gasteiger partial charge is 0.388 e. The van der Waals surface area contributed by atoms with Crippen molar-refractivity contribution in [3.8, 4) is 0 Å². The smallest absolute Gasteiger partial charge is 0.140 e. The van der Waals surface area contributed by atoms with Gasteiger partial charge in [-0.05, 0) is 79.6 Å². The molecule has 0 saturated carbocycles. The second-order valence-electron chi connectivity index (χ2n) is 9.18. The summed E-state index contributed by atoms with van der Waals surface area (Å²) in [5, 5.41) is 7.98. The van der Waals surface area contributed by atoms with Gasteiger partial charge in [-0.1, -0.05) is 56.8 Å². The Bertz CT molecular complexity index is 1040. The lowest BCUT2D eigenvalue weighted by Gasteiger charge is -2.24. The predicted octanol–water partition coefficient (Wildman–Crippen LogP) is 5.48. The first-order valence-electron chi connectivity index (χ1n) is 12.2. The maximum Gasteiger partial charge on any atom is 0.140 e. The summed E-state index contributed by atoms with van der Waals surface area (Å²) in [6.07, 6.45) is 6.37. The zero-order chi connectivity index (χ0) is 25.7. The number of rotatable bonds is 13. The van der Waals surface area contributed by atoms with E-state index < -0.39 is 0 Å². The van der Waals surface area contributed by atoms with E-state index in [1.807, 2.05) is 26.0 Å². The normalized spacial score (nSPS) is 13.0. The molecule has 2 aromatic rings. The van der Waals surface area contributed by atoms with E-state index in [1.165, 1.54) is 23.4 Å². The van der Waals surface area contributed by atoms with Gasteiger partial charge < -0.3 is 11.1 Å². The Labute approximate surface area is 210 Å². The summed E-state index contributed by atoms with van der Waals surface area (Å²) in [4.78, 5) is 4.62. The third-order valence-corrected chi connectivity index (χ3v) is 6.00. The molecule has 0 unspecified atom stereocenters. The topological polar surface area (TPSA) is 74.8 Å². The van der Waals surface area contributed by atoms with Crippen molar-refractivity contribution in [1.29, 1.82) is 0 Å². The summed E-state index contributed by atoms with van der Waals surface area (Å²) in [6, 6.07) is 15.1. The molecule has 0 radical (unpaired) electrons. The lowest BCUT2D eigenvalue weighted by molar-refractivity contribution is 0.486. The molecule has 0 aliphatic carbocycles. The van der Waals surface area contributed by atoms with Gasteiger partial charge in [0, 0.05) is 25.2 Å². The number of hydrogen-bond donors (Lipinski definition) is 3. The van der Waals surface area contributed by atoms with E-state index in [4.69, 9.17) is 5.73 Å². The Morgan fingerprint density at radius 3 is 2.57 bits per heavy atom. The van der Waals surface area contributed by atoms with Crippen LogP contribution in [-0.4, -0.2) is 31.2 Å². The Morgan fingerprint density at radius 2 is 1.91 bits per heavy atom. The van der Waals surface area contributed by atoms with Crippen LogP contribution in [0.1, 0.15) is 57.2 Å². The van der Waals surface area contributed by atoms with Crippen molar-refractivity contribution in [3.63, 3.8) is 0 Å². The van der Waals surface area contributed by atoms with E-state index in [-0.39, 0.29) is 11.2 Å². The van der Waals surface area contributed by atoms with Crippen molar-refractivity contribution < 1.29 is 4.39 Å². The molecular formula is C29H40FN5. The van der Waals surface area contributed by atoms with E-state index in [1.54, 1.807) is 6.08 Å². The molecule has 35 heavy (non-hydrogen) atoms. The molecule has 2 rings (SSSR count). The van der Waals surface area contributed by atoms with Gasteiger partial charge in [-0.2, -0.15) is 5.10 Å². The number of nitrogens with two attached hydrogens (primary N) is 1. The van der Waals surface area contributed by atoms with Crippen LogP contribution in [0.3, 0.4) is 0 Å². The number of nitrogens with zero attached hydrogens (tertiary/aromatic N) is 2. The molecule has 5 nitrogen and oxygen atoms in total. The number of amidine groups is 1. The zero-order valence-corrected chi connectivity index (χ0v) is 21.6. The summed E-state index contributed by atoms with van der Waals surface area (Å²) < 4.78 is 13.2. The molecule has 0 saturated heterocycles. The van der Waals surface area contributed by atoms with Crippen LogP contribution in [0.25, 0.3) is 0 Å². The average molecular weight is 478 g/mol. The van der Waals surface area contributed by atoms with E-state index in [2.05, 4.69) is 71.6 Å². The minimum atomic E-state index is -0.221. The van der Waals surface area contributed by atoms with Crippen molar-refractivity contribution in [3.05, 3.63) is 95.5 Å². The molecule has 188 valence electrons. The molecule has 4 N–H and O–H groups in total. The van der Waals surface area contributed by atoms with Gasteiger partial charge in [0.2, 0.25) is 0 Å². The van der Waals surface area contributed by atoms with E-state index in [0.29, 0.717) is 18.9 Å². The van der Waals surface area contributed by atoms with Crippen LogP contribution in [0.5, 0.6) is 0 Å². The number of hydrazone groups is 1. The van der Waals surface area contributed by atoms with E-state index >= 15 is 0 Å². The van der Waals surface area contributed by atoms with Gasteiger partial charge >= 0.3 is 0 Å². The molecule has 6 heteroatoms. The third kappa shape index (κ3) is 9.49. The van der Waals surface area contributed by atoms with Crippen molar-refractivity contribution in [2.45, 2.75) is 52.4 Å². The van der Waals surface area contributed by atoms with Crippen molar-refractivity contribution in [2.24, 2.45) is 15.8 Å². The second kappa shape index (κ2) is 14.2. The summed E-state index contributed by atoms with van der Waals surface area (Å²) >= 11 is 0. The second-order valence-corrected chi connectivity index (χ2v) is 9.18. The summed E-state index contributed by atoms with van der Waals surface area (Å²) in [5.74, 6) is 0.400. The van der Waals surface area contributed by atoms with Crippen molar-refractivity contribution in [2.75, 3.05) is 19.6 Å². The van der Waals surface area contributed by atoms with Crippen LogP contribution in [0.4, 0.5) is 4.39 Å². The van der Waals surface area contributed by atoms with Crippen LogP contribution in [-0.2, 0) is 11.8 Å². The molecule has 2 aromatic carbocycles. The summed E-state index contributed by atoms with van der Waals surface area (Å²) in [7, 11) is 0. The molecule has 0 spiro atoms. The van der Waals surface area contributed by atoms with Gasteiger partial charge in [0.05, 0.1) is 5.71 Å². The Balaban J connectivity index is 1.98. The lowest BCUT2D eigenvalue weighted by atomic mass is 9.81. The van der Waals surface area contributed by atoms with Gasteiger partial charge in [0.15, 0.2) is 0 Å². The maximum atomic E-state index is 13.2. The number of benzene rings is 2. The van der Waals surface area contributed by atoms with Gasteiger partial charge in [-0.25, -0.2) is 4.39 Å². The highest BCUT2D eigenvalue weighted by atomic mass is 19.1. The highest BCUT2D eigenvalue weighted by molar-refractivity contribution is 6.00. The third-order valence-electron chi connectivity index (χ3n) is 6.00. The fourth-order valence-corrected chi connectivity index (χ4v) is 3.60. The number of allylic oxidation sites excluding steroid dienone is 2. The first-order valence-corrected chi connectivity index (χ1v) is 12.2. The summed E-state index contributed by atoms with van der Waals surface area (Å²) in [5.41, 5.74) is 13.9. The Morgan fingerprint density at radius 1 is 1.17 bits per heavy atom. The Kier molecular flexibility index (Phi) is 11.4. The SMILES string of the molecule is C=CC(=NCCC(C)(C)c1ccc(F)cc1)N/N=C(\C)c1cccc(C/C(=C/C)NCCCN)c1. The molecule has 0 bridgehead atoms. The molecule has 0 aliphatic heterocycles. The standard InChI is InChI=1S/C29H40FN5/c1-6-27(32-18-9-17-31)21-23-10-8-11-24(20-23)22(3)34-35-28(7-2)33-19-16-29(4,5)25-12-14-26(30)15-13-25/h6-8,10-15,20,32H,2,9,16-19,21,31H2,1,3-5H3,(H,33,35)/b27-6-,34-22+. The van der Waals surface area contributed by atoms with Crippen LogP contribution in [0.15, 0.2) is 83.1 Å². The molecule has 0 aliphatic rings.